The summed E-state index contributed by atoms with van der Waals surface area (Å²) in [6, 6.07) is 16.4. The summed E-state index contributed by atoms with van der Waals surface area (Å²) in [5.74, 6) is 1.80. The van der Waals surface area contributed by atoms with Crippen molar-refractivity contribution in [2.24, 2.45) is 28.4 Å². The summed E-state index contributed by atoms with van der Waals surface area (Å²) < 4.78 is 25.7. The number of carbonyl (C=O) groups is 3. The molecule has 2 saturated carbocycles. The molecule has 17 heteroatoms. The molecular formula is C52H76BBrN4O9S2. The third-order valence-electron chi connectivity index (χ3n) is 13.2. The number of hydrogen-bond donors (Lipinski definition) is 4. The number of aldehydes is 1. The zero-order valence-corrected chi connectivity index (χ0v) is 45.6. The van der Waals surface area contributed by atoms with Crippen LogP contribution >= 0.6 is 38.6 Å². The Labute approximate surface area is 427 Å². The lowest BCUT2D eigenvalue weighted by Crippen LogP contribution is -2.41. The van der Waals surface area contributed by atoms with Crippen molar-refractivity contribution in [1.29, 1.82) is 0 Å². The number of rotatable bonds is 14. The molecule has 69 heavy (non-hydrogen) atoms. The predicted octanol–water partition coefficient (Wildman–Crippen LogP) is 11.5. The van der Waals surface area contributed by atoms with E-state index in [0.29, 0.717) is 41.1 Å². The molecule has 13 nitrogen and oxygen atoms in total. The van der Waals surface area contributed by atoms with E-state index in [1.54, 1.807) is 16.7 Å². The van der Waals surface area contributed by atoms with E-state index >= 15 is 0 Å². The smallest absolute Gasteiger partial charge is 0.490 e. The highest BCUT2D eigenvalue weighted by Crippen LogP contribution is 2.41. The summed E-state index contributed by atoms with van der Waals surface area (Å²) in [7, 11) is -0.333. The van der Waals surface area contributed by atoms with Crippen molar-refractivity contribution in [2.45, 2.75) is 163 Å². The average Bonchev–Trinajstić information content (AvgIpc) is 3.99. The van der Waals surface area contributed by atoms with Crippen molar-refractivity contribution in [2.75, 3.05) is 13.1 Å². The Hall–Kier alpha value is -3.71. The zero-order chi connectivity index (χ0) is 51.0. The molecule has 1 saturated heterocycles. The van der Waals surface area contributed by atoms with Crippen LogP contribution in [0.15, 0.2) is 63.9 Å². The van der Waals surface area contributed by atoms with Crippen molar-refractivity contribution < 1.29 is 43.4 Å². The van der Waals surface area contributed by atoms with Crippen LogP contribution in [0.25, 0.3) is 11.3 Å². The number of thiazole rings is 2. The molecule has 4 aromatic rings. The van der Waals surface area contributed by atoms with Crippen LogP contribution in [0.5, 0.6) is 11.5 Å². The molecule has 2 aromatic carbocycles. The maximum Gasteiger partial charge on any atom is 0.494 e. The second kappa shape index (κ2) is 26.7. The Morgan fingerprint density at radius 2 is 1.32 bits per heavy atom. The molecule has 3 fully saturated rings. The van der Waals surface area contributed by atoms with Crippen LogP contribution in [0.2, 0.25) is 0 Å². The molecule has 5 N–H and O–H groups in total. The molecule has 7 rings (SSSR count). The lowest BCUT2D eigenvalue weighted by molar-refractivity contribution is -0.137. The molecule has 0 atom stereocenters. The molecule has 380 valence electrons. The molecule has 2 aromatic heterocycles. The number of aromatic nitrogens is 2. The molecule has 0 unspecified atom stereocenters. The van der Waals surface area contributed by atoms with Gasteiger partial charge in [-0.1, -0.05) is 65.8 Å². The molecule has 0 bridgehead atoms. The Morgan fingerprint density at radius 3 is 1.75 bits per heavy atom. The van der Waals surface area contributed by atoms with E-state index in [1.165, 1.54) is 37.0 Å². The number of ether oxygens (including phenoxy) is 2. The maximum absolute atomic E-state index is 10.6. The lowest BCUT2D eigenvalue weighted by Gasteiger charge is -2.37. The minimum absolute atomic E-state index is 0.0694. The second-order valence-corrected chi connectivity index (χ2v) is 23.8. The second-order valence-electron chi connectivity index (χ2n) is 21.1. The van der Waals surface area contributed by atoms with E-state index in [0.717, 1.165) is 81.6 Å². The summed E-state index contributed by atoms with van der Waals surface area (Å²) >= 11 is 6.02. The van der Waals surface area contributed by atoms with Crippen LogP contribution in [-0.4, -0.2) is 82.0 Å². The van der Waals surface area contributed by atoms with Gasteiger partial charge < -0.3 is 40.0 Å². The quantitative estimate of drug-likeness (QED) is 0.0530. The third kappa shape index (κ3) is 19.4. The normalized spacial score (nSPS) is 20.7. The van der Waals surface area contributed by atoms with Crippen molar-refractivity contribution in [3.8, 4) is 22.8 Å². The number of carboxylic acids is 2. The number of halogens is 1. The largest absolute Gasteiger partial charge is 0.494 e. The van der Waals surface area contributed by atoms with E-state index in [-0.39, 0.29) is 37.7 Å². The van der Waals surface area contributed by atoms with Gasteiger partial charge >= 0.3 is 19.1 Å². The third-order valence-corrected chi connectivity index (χ3v) is 15.5. The lowest BCUT2D eigenvalue weighted by atomic mass is 9.72. The summed E-state index contributed by atoms with van der Waals surface area (Å²) in [6.07, 6.45) is 11.0. The van der Waals surface area contributed by atoms with Crippen molar-refractivity contribution >= 4 is 69.4 Å². The van der Waals surface area contributed by atoms with Crippen LogP contribution in [0.4, 0.5) is 0 Å². The van der Waals surface area contributed by atoms with Crippen LogP contribution < -0.4 is 26.0 Å². The number of aliphatic carboxylic acids is 2. The summed E-state index contributed by atoms with van der Waals surface area (Å²) in [6.45, 7) is 23.7. The van der Waals surface area contributed by atoms with Gasteiger partial charge in [0.2, 0.25) is 0 Å². The molecule has 0 radical (unpaired) electrons. The van der Waals surface area contributed by atoms with Gasteiger partial charge in [-0.3, -0.25) is 14.4 Å². The van der Waals surface area contributed by atoms with Gasteiger partial charge in [0.15, 0.2) is 11.3 Å². The minimum atomic E-state index is -0.836. The SMILES string of the molecule is CC(C)(C)C1CCC(Oc2cccc(-c3csc(CNCCC(=O)O)n3)c2)CC1.CC(C)(C)C1CCC(Oc2cccc(B3OC(C)(C)C(C)(C)O3)c2)CC1.NCCC(=O)O.O=Cc1nc(Br)cs1. The molecular weight excluding hydrogens is 979 g/mol. The molecule has 2 aliphatic carbocycles. The van der Waals surface area contributed by atoms with Gasteiger partial charge in [-0.25, -0.2) is 9.97 Å². The standard InChI is InChI=1S/C23H32N2O3S.C22H35BO3.C4H2BrNOS.C3H7NO2/c1-23(2,3)17-7-9-18(10-8-17)28-19-6-4-5-16(13-19)20-15-29-21(25-20)14-24-12-11-22(26)27;1-20(2,3)16-11-13-18(14-12-16)24-19-10-8-9-17(15-19)23-25-21(4,5)22(6,7)26-23;5-3-2-8-4(1-7)6-3;4-2-1-3(5)6/h4-6,13,15,17-18,24H,7-12,14H2,1-3H3,(H,26,27);8-10,15-16,18H,11-14H2,1-7H3;1-2H;1-2,4H2,(H,5,6). The van der Waals surface area contributed by atoms with E-state index in [2.05, 4.69) is 125 Å². The fourth-order valence-corrected chi connectivity index (χ4v) is 10.1. The van der Waals surface area contributed by atoms with Crippen molar-refractivity contribution in [3.63, 3.8) is 0 Å². The number of nitrogens with zero attached hydrogens (tertiary/aromatic N) is 2. The first-order valence-electron chi connectivity index (χ1n) is 24.1. The van der Waals surface area contributed by atoms with Crippen molar-refractivity contribution in [3.05, 3.63) is 73.9 Å². The molecule has 0 spiro atoms. The number of hydrogen-bond acceptors (Lipinski definition) is 13. The minimum Gasteiger partial charge on any atom is -0.490 e. The number of benzene rings is 2. The van der Waals surface area contributed by atoms with Crippen LogP contribution in [-0.2, 0) is 25.4 Å². The van der Waals surface area contributed by atoms with Crippen LogP contribution in [0.1, 0.15) is 148 Å². The van der Waals surface area contributed by atoms with Gasteiger partial charge in [-0.2, -0.15) is 0 Å². The molecule has 0 amide bonds. The highest BCUT2D eigenvalue weighted by molar-refractivity contribution is 9.10. The van der Waals surface area contributed by atoms with Gasteiger partial charge in [0, 0.05) is 36.0 Å². The first kappa shape index (κ1) is 57.9. The van der Waals surface area contributed by atoms with Gasteiger partial charge in [0.05, 0.1) is 41.9 Å². The fourth-order valence-electron chi connectivity index (χ4n) is 8.28. The van der Waals surface area contributed by atoms with E-state index in [1.807, 2.05) is 29.6 Å². The average molecular weight is 1060 g/mol. The van der Waals surface area contributed by atoms with Crippen LogP contribution in [0.3, 0.4) is 0 Å². The van der Waals surface area contributed by atoms with Gasteiger partial charge in [-0.15, -0.1) is 22.7 Å². The Bertz CT molecular complexity index is 2190. The first-order valence-corrected chi connectivity index (χ1v) is 26.7. The highest BCUT2D eigenvalue weighted by atomic mass is 79.9. The van der Waals surface area contributed by atoms with E-state index < -0.39 is 11.9 Å². The Morgan fingerprint density at radius 1 is 0.797 bits per heavy atom. The Balaban J connectivity index is 0.000000236. The summed E-state index contributed by atoms with van der Waals surface area (Å²) in [5.41, 5.74) is 8.02. The Kier molecular flexibility index (Phi) is 22.4. The topological polar surface area (TPSA) is 192 Å². The number of carboxylic acid groups (broad SMARTS) is 2. The monoisotopic (exact) mass is 1050 g/mol. The van der Waals surface area contributed by atoms with Gasteiger partial charge in [0.1, 0.15) is 21.1 Å². The first-order chi connectivity index (χ1) is 32.4. The summed E-state index contributed by atoms with van der Waals surface area (Å²) in [4.78, 5) is 38.5. The van der Waals surface area contributed by atoms with Gasteiger partial charge in [0.25, 0.3) is 0 Å². The van der Waals surface area contributed by atoms with Gasteiger partial charge in [-0.05, 0) is 147 Å². The molecule has 3 aliphatic rings. The maximum atomic E-state index is 10.6. The zero-order valence-electron chi connectivity index (χ0n) is 42.3. The van der Waals surface area contributed by atoms with E-state index in [9.17, 15) is 14.4 Å². The molecule has 3 heterocycles. The number of carbonyl (C=O) groups excluding carboxylic acids is 1. The van der Waals surface area contributed by atoms with E-state index in [4.69, 9.17) is 34.7 Å². The highest BCUT2D eigenvalue weighted by Gasteiger charge is 2.51. The predicted molar refractivity (Wildman–Crippen MR) is 282 cm³/mol. The number of nitrogens with two attached hydrogens (primary N) is 1. The molecule has 1 aliphatic heterocycles. The summed E-state index contributed by atoms with van der Waals surface area (Å²) in [5, 5.41) is 24.9. The fraction of sp³-hybridized carbons (Fsp3) is 0.596. The van der Waals surface area contributed by atoms with Crippen LogP contribution in [0, 0.1) is 22.7 Å². The number of nitrogens with one attached hydrogen (secondary N) is 1. The van der Waals surface area contributed by atoms with Crippen molar-refractivity contribution in [1.82, 2.24) is 15.3 Å².